The number of halogens is 1. The van der Waals surface area contributed by atoms with Crippen molar-refractivity contribution < 1.29 is 24.5 Å². The summed E-state index contributed by atoms with van der Waals surface area (Å²) in [4.78, 5) is 12.5. The predicted molar refractivity (Wildman–Crippen MR) is 385 cm³/mol. The van der Waals surface area contributed by atoms with Gasteiger partial charge in [0.1, 0.15) is 0 Å². The van der Waals surface area contributed by atoms with E-state index in [1.54, 1.807) is 6.07 Å². The minimum absolute atomic E-state index is 0. The van der Waals surface area contributed by atoms with Crippen molar-refractivity contribution in [1.82, 2.24) is 19.1 Å². The van der Waals surface area contributed by atoms with Gasteiger partial charge in [0.25, 0.3) is 6.71 Å². The van der Waals surface area contributed by atoms with Crippen molar-refractivity contribution in [2.45, 2.75) is 158 Å². The molecule has 1 radical (unpaired) electrons. The van der Waals surface area contributed by atoms with Gasteiger partial charge in [0.05, 0.1) is 22.4 Å². The molecule has 0 N–H and O–H groups in total. The molecule has 8 heteroatoms. The van der Waals surface area contributed by atoms with E-state index in [1.807, 2.05) is 38.2 Å². The molecule has 0 bridgehead atoms. The summed E-state index contributed by atoms with van der Waals surface area (Å²) in [6, 6.07) is 69.2. The molecule has 0 amide bonds. The molecule has 5 heterocycles. The number of aryl methyl sites for hydroxylation is 2. The second-order valence-corrected chi connectivity index (χ2v) is 30.4. The van der Waals surface area contributed by atoms with Gasteiger partial charge < -0.3 is 19.0 Å². The molecule has 467 valence electrons. The van der Waals surface area contributed by atoms with E-state index in [1.165, 1.54) is 112 Å². The molecular formula is C84H85BFIrN5-2. The van der Waals surface area contributed by atoms with Gasteiger partial charge in [-0.3, -0.25) is 9.37 Å². The molecule has 3 aromatic heterocycles. The summed E-state index contributed by atoms with van der Waals surface area (Å²) in [5.74, 6) is 1.17. The van der Waals surface area contributed by atoms with Crippen LogP contribution in [-0.4, -0.2) is 25.8 Å². The zero-order valence-electron chi connectivity index (χ0n) is 56.9. The average Bonchev–Trinajstić information content (AvgIpc) is 1.31. The van der Waals surface area contributed by atoms with E-state index in [0.717, 1.165) is 56.1 Å². The number of benzene rings is 9. The Labute approximate surface area is 559 Å². The Kier molecular flexibility index (Phi) is 16.3. The summed E-state index contributed by atoms with van der Waals surface area (Å²) < 4.78 is 17.9. The van der Waals surface area contributed by atoms with Gasteiger partial charge in [0.15, 0.2) is 0 Å². The standard InChI is InChI=1S/C71H74BN4.C13H11FN.Ir/c1-42(2)51-24-20-25-52(43(3)4)64(51)76-66-53(26-21-27-58(66)73-67(76)44-22-18-17-19-23-44)45-36-61-63-62(37-45)75-59-34-30-47(69(8,9)10)38-54(59)55-39-49(71(14,15)16)41-57(65(55)75)72(63)56-40-48(70(11,12)13)31-35-60(56)74(61)50-32-28-46(29-33-50)68(5,6)7;1-9-7-13(15-8-10(9)2)11-3-5-12(14)6-4-11;/h17-22,24-43H,1-16H3;3,5-8H,1-2H3;/q2*-1;. The smallest absolute Gasteiger partial charge is 0.252 e. The third-order valence-corrected chi connectivity index (χ3v) is 19.2. The summed E-state index contributed by atoms with van der Waals surface area (Å²) in [6.45, 7) is 41.4. The maximum atomic E-state index is 12.7. The van der Waals surface area contributed by atoms with Gasteiger partial charge in [-0.25, -0.2) is 0 Å². The van der Waals surface area contributed by atoms with E-state index in [2.05, 4.69) is 275 Å². The predicted octanol–water partition coefficient (Wildman–Crippen LogP) is 20.6. The fraction of sp³-hybridized carbons (Fsp3) is 0.286. The number of rotatable bonds is 7. The Bertz CT molecular complexity index is 4800. The molecule has 0 atom stereocenters. The van der Waals surface area contributed by atoms with Crippen LogP contribution in [0.1, 0.15) is 167 Å². The number of hydrogen-bond donors (Lipinski definition) is 0. The number of fused-ring (bicyclic) bond motifs is 8. The molecule has 0 spiro atoms. The molecule has 0 unspecified atom stereocenters. The third kappa shape index (κ3) is 11.2. The fourth-order valence-electron chi connectivity index (χ4n) is 13.8. The first-order chi connectivity index (χ1) is 43.1. The van der Waals surface area contributed by atoms with Crippen LogP contribution in [0, 0.1) is 31.8 Å². The molecule has 0 aliphatic carbocycles. The van der Waals surface area contributed by atoms with Crippen molar-refractivity contribution in [1.29, 1.82) is 0 Å². The first-order valence-electron chi connectivity index (χ1n) is 32.7. The van der Waals surface area contributed by atoms with Gasteiger partial charge >= 0.3 is 0 Å². The van der Waals surface area contributed by atoms with Crippen LogP contribution in [0.15, 0.2) is 176 Å². The van der Waals surface area contributed by atoms with Crippen LogP contribution in [-0.2, 0) is 41.8 Å². The number of pyridine rings is 1. The second-order valence-electron chi connectivity index (χ2n) is 30.4. The first kappa shape index (κ1) is 64.0. The molecule has 92 heavy (non-hydrogen) atoms. The first-order valence-corrected chi connectivity index (χ1v) is 32.7. The minimum Gasteiger partial charge on any atom is -0.332 e. The topological polar surface area (TPSA) is 38.9 Å². The van der Waals surface area contributed by atoms with E-state index in [9.17, 15) is 4.39 Å². The van der Waals surface area contributed by atoms with Gasteiger partial charge in [0.2, 0.25) is 0 Å². The van der Waals surface area contributed by atoms with Crippen molar-refractivity contribution in [3.63, 3.8) is 0 Å². The SMILES string of the molecule is CC(C)c1cccc(C(C)C)c1-n1c(-c2[c-]cccc2)nc2cccc(-c3cc4c5c(c3)-n3c6ccc(C(C)(C)C)cc6c6cc(C(C)(C)C)cc(c63)B5c3cc(C(C)(C)C)ccc3N4c3ccc(C(C)(C)C)cc3)c21.Cc1cnc(-c2[c-]cc(F)cc2)cc1C.[Ir]. The second kappa shape index (κ2) is 23.4. The largest absolute Gasteiger partial charge is 0.332 e. The number of anilines is 3. The molecule has 12 aromatic rings. The molecule has 0 fully saturated rings. The van der Waals surface area contributed by atoms with Gasteiger partial charge in [-0.2, -0.15) is 0 Å². The van der Waals surface area contributed by atoms with Crippen LogP contribution in [0.4, 0.5) is 21.5 Å². The van der Waals surface area contributed by atoms with Crippen molar-refractivity contribution in [2.24, 2.45) is 0 Å². The normalized spacial score (nSPS) is 13.0. The summed E-state index contributed by atoms with van der Waals surface area (Å²) in [5.41, 5.74) is 29.8. The van der Waals surface area contributed by atoms with Gasteiger partial charge in [-0.1, -0.05) is 189 Å². The van der Waals surface area contributed by atoms with Crippen LogP contribution in [0.2, 0.25) is 0 Å². The Morgan fingerprint density at radius 1 is 0.511 bits per heavy atom. The fourth-order valence-corrected chi connectivity index (χ4v) is 13.8. The van der Waals surface area contributed by atoms with Crippen LogP contribution >= 0.6 is 0 Å². The molecule has 5 nitrogen and oxygen atoms in total. The summed E-state index contributed by atoms with van der Waals surface area (Å²) in [6.07, 6.45) is 1.82. The maximum Gasteiger partial charge on any atom is 0.252 e. The summed E-state index contributed by atoms with van der Waals surface area (Å²) in [5, 5.41) is 2.63. The zero-order valence-corrected chi connectivity index (χ0v) is 59.3. The van der Waals surface area contributed by atoms with E-state index in [4.69, 9.17) is 4.98 Å². The van der Waals surface area contributed by atoms with E-state index in [-0.39, 0.29) is 66.1 Å². The number of aromatic nitrogens is 4. The molecule has 0 saturated heterocycles. The zero-order chi connectivity index (χ0) is 64.5. The van der Waals surface area contributed by atoms with E-state index in [0.29, 0.717) is 0 Å². The van der Waals surface area contributed by atoms with Crippen molar-refractivity contribution in [3.05, 3.63) is 239 Å². The van der Waals surface area contributed by atoms with Crippen molar-refractivity contribution in [3.8, 4) is 45.1 Å². The molecular weight excluding hydrogens is 1300 g/mol. The van der Waals surface area contributed by atoms with Crippen LogP contribution in [0.25, 0.3) is 78.0 Å². The number of hydrogen-bond acceptors (Lipinski definition) is 3. The van der Waals surface area contributed by atoms with Gasteiger partial charge in [-0.15, -0.1) is 65.7 Å². The van der Waals surface area contributed by atoms with Gasteiger partial charge in [0, 0.05) is 82.4 Å². The number of para-hydroxylation sites is 2. The quantitative estimate of drug-likeness (QED) is 0.118. The molecule has 2 aliphatic heterocycles. The number of nitrogens with zero attached hydrogens (tertiary/aromatic N) is 5. The molecule has 0 saturated carbocycles. The Morgan fingerprint density at radius 2 is 1.13 bits per heavy atom. The van der Waals surface area contributed by atoms with Crippen molar-refractivity contribution in [2.75, 3.05) is 4.90 Å². The van der Waals surface area contributed by atoms with Crippen molar-refractivity contribution >= 4 is 73.0 Å². The molecule has 2 aliphatic rings. The third-order valence-electron chi connectivity index (χ3n) is 19.2. The van der Waals surface area contributed by atoms with Gasteiger partial charge in [-0.05, 0) is 169 Å². The Hall–Kier alpha value is -8.16. The Balaban J connectivity index is 0.000000447. The van der Waals surface area contributed by atoms with Crippen LogP contribution < -0.4 is 21.3 Å². The van der Waals surface area contributed by atoms with Crippen LogP contribution in [0.5, 0.6) is 0 Å². The van der Waals surface area contributed by atoms with E-state index >= 15 is 0 Å². The summed E-state index contributed by atoms with van der Waals surface area (Å²) >= 11 is 0. The van der Waals surface area contributed by atoms with Crippen LogP contribution in [0.3, 0.4) is 0 Å². The Morgan fingerprint density at radius 3 is 1.75 bits per heavy atom. The maximum absolute atomic E-state index is 12.7. The minimum atomic E-state index is -0.275. The summed E-state index contributed by atoms with van der Waals surface area (Å²) in [7, 11) is 0. The number of imidazole rings is 1. The monoisotopic (exact) mass is 1390 g/mol. The molecule has 9 aromatic carbocycles. The van der Waals surface area contributed by atoms with E-state index < -0.39 is 0 Å². The molecule has 14 rings (SSSR count). The average molecular weight is 1390 g/mol.